The third-order valence-corrected chi connectivity index (χ3v) is 1.89. The molecule has 1 atom stereocenters. The van der Waals surface area contributed by atoms with Gasteiger partial charge in [-0.3, -0.25) is 9.59 Å². The van der Waals surface area contributed by atoms with Gasteiger partial charge in [-0.05, 0) is 19.4 Å². The molecule has 0 aliphatic carbocycles. The summed E-state index contributed by atoms with van der Waals surface area (Å²) in [5.41, 5.74) is 0. The fraction of sp³-hybridized carbons (Fsp3) is 0.556. The van der Waals surface area contributed by atoms with E-state index < -0.39 is 5.97 Å². The molecule has 0 radical (unpaired) electrons. The molecule has 1 N–H and O–H groups in total. The van der Waals surface area contributed by atoms with Gasteiger partial charge in [0.15, 0.2) is 0 Å². The van der Waals surface area contributed by atoms with E-state index in [2.05, 4.69) is 6.58 Å². The maximum atomic E-state index is 11.2. The molecule has 0 bridgehead atoms. The highest BCUT2D eigenvalue weighted by Gasteiger charge is 2.18. The third kappa shape index (κ3) is 3.73. The van der Waals surface area contributed by atoms with Gasteiger partial charge in [0.05, 0.1) is 0 Å². The molecule has 74 valence electrons. The summed E-state index contributed by atoms with van der Waals surface area (Å²) in [6.07, 6.45) is 1.86. The standard InChI is InChI=1S/C9H15NO3/c1-4-7(3)10(6-9(12)13)8(11)5-2/h5,7H,2,4,6H2,1,3H3,(H,12,13). The van der Waals surface area contributed by atoms with Crippen LogP contribution in [-0.2, 0) is 9.59 Å². The zero-order valence-corrected chi connectivity index (χ0v) is 7.99. The van der Waals surface area contributed by atoms with Gasteiger partial charge in [-0.15, -0.1) is 0 Å². The van der Waals surface area contributed by atoms with Crippen LogP contribution in [0.25, 0.3) is 0 Å². The molecule has 0 aromatic carbocycles. The maximum Gasteiger partial charge on any atom is 0.323 e. The number of nitrogens with zero attached hydrogens (tertiary/aromatic N) is 1. The van der Waals surface area contributed by atoms with Gasteiger partial charge >= 0.3 is 5.97 Å². The average molecular weight is 185 g/mol. The van der Waals surface area contributed by atoms with E-state index in [0.29, 0.717) is 0 Å². The number of carbonyl (C=O) groups excluding carboxylic acids is 1. The van der Waals surface area contributed by atoms with Crippen molar-refractivity contribution in [2.75, 3.05) is 6.54 Å². The monoisotopic (exact) mass is 185 g/mol. The van der Waals surface area contributed by atoms with E-state index in [4.69, 9.17) is 5.11 Å². The van der Waals surface area contributed by atoms with Gasteiger partial charge in [0, 0.05) is 6.04 Å². The van der Waals surface area contributed by atoms with Gasteiger partial charge in [0.25, 0.3) is 0 Å². The topological polar surface area (TPSA) is 57.6 Å². The molecule has 0 saturated heterocycles. The Kier molecular flexibility index (Phi) is 4.80. The summed E-state index contributed by atoms with van der Waals surface area (Å²) >= 11 is 0. The van der Waals surface area contributed by atoms with Crippen molar-refractivity contribution in [1.29, 1.82) is 0 Å². The molecule has 0 aromatic heterocycles. The maximum absolute atomic E-state index is 11.2. The van der Waals surface area contributed by atoms with E-state index >= 15 is 0 Å². The molecule has 0 aliphatic rings. The van der Waals surface area contributed by atoms with E-state index in [1.807, 2.05) is 13.8 Å². The van der Waals surface area contributed by atoms with Crippen molar-refractivity contribution in [3.05, 3.63) is 12.7 Å². The summed E-state index contributed by atoms with van der Waals surface area (Å²) in [5, 5.41) is 8.54. The molecule has 1 unspecified atom stereocenters. The predicted molar refractivity (Wildman–Crippen MR) is 49.3 cm³/mol. The fourth-order valence-electron chi connectivity index (χ4n) is 0.934. The minimum atomic E-state index is -1.00. The molecule has 0 spiro atoms. The second kappa shape index (κ2) is 5.35. The molecule has 0 saturated carbocycles. The molecule has 0 aliphatic heterocycles. The first-order chi connectivity index (χ1) is 6.02. The largest absolute Gasteiger partial charge is 0.480 e. The van der Waals surface area contributed by atoms with Crippen molar-refractivity contribution < 1.29 is 14.7 Å². The number of carbonyl (C=O) groups is 2. The van der Waals surface area contributed by atoms with Gasteiger partial charge in [0.2, 0.25) is 5.91 Å². The Balaban J connectivity index is 4.44. The summed E-state index contributed by atoms with van der Waals surface area (Å²) < 4.78 is 0. The zero-order chi connectivity index (χ0) is 10.4. The minimum absolute atomic E-state index is 0.0680. The molecule has 1 amide bonds. The average Bonchev–Trinajstić information content (AvgIpc) is 2.11. The lowest BCUT2D eigenvalue weighted by atomic mass is 10.2. The van der Waals surface area contributed by atoms with Gasteiger partial charge in [-0.1, -0.05) is 13.5 Å². The normalized spacial score (nSPS) is 11.8. The SMILES string of the molecule is C=CC(=O)N(CC(=O)O)C(C)CC. The Morgan fingerprint density at radius 3 is 2.46 bits per heavy atom. The lowest BCUT2D eigenvalue weighted by Gasteiger charge is -2.25. The summed E-state index contributed by atoms with van der Waals surface area (Å²) in [6.45, 7) is 6.77. The number of rotatable bonds is 5. The Bertz CT molecular complexity index is 213. The van der Waals surface area contributed by atoms with Gasteiger partial charge in [-0.25, -0.2) is 0 Å². The molecular formula is C9H15NO3. The van der Waals surface area contributed by atoms with Crippen LogP contribution in [0.1, 0.15) is 20.3 Å². The van der Waals surface area contributed by atoms with Crippen LogP contribution in [0.3, 0.4) is 0 Å². The van der Waals surface area contributed by atoms with Crippen LogP contribution in [-0.4, -0.2) is 34.5 Å². The van der Waals surface area contributed by atoms with E-state index in [0.717, 1.165) is 12.5 Å². The van der Waals surface area contributed by atoms with E-state index in [1.54, 1.807) is 0 Å². The Hall–Kier alpha value is -1.32. The summed E-state index contributed by atoms with van der Waals surface area (Å²) in [7, 11) is 0. The number of carboxylic acids is 1. The van der Waals surface area contributed by atoms with E-state index in [9.17, 15) is 9.59 Å². The predicted octanol–water partition coefficient (Wildman–Crippen LogP) is 0.884. The zero-order valence-electron chi connectivity index (χ0n) is 7.99. The first kappa shape index (κ1) is 11.7. The number of hydrogen-bond donors (Lipinski definition) is 1. The highest BCUT2D eigenvalue weighted by Crippen LogP contribution is 2.03. The number of hydrogen-bond acceptors (Lipinski definition) is 2. The first-order valence-electron chi connectivity index (χ1n) is 4.17. The van der Waals surface area contributed by atoms with Crippen LogP contribution >= 0.6 is 0 Å². The highest BCUT2D eigenvalue weighted by atomic mass is 16.4. The summed E-state index contributed by atoms with van der Waals surface area (Å²) in [6, 6.07) is -0.0680. The van der Waals surface area contributed by atoms with Crippen molar-refractivity contribution in [2.24, 2.45) is 0 Å². The Morgan fingerprint density at radius 1 is 1.62 bits per heavy atom. The van der Waals surface area contributed by atoms with Crippen molar-refractivity contribution in [2.45, 2.75) is 26.3 Å². The molecule has 0 heterocycles. The Labute approximate surface area is 77.8 Å². The van der Waals surface area contributed by atoms with Crippen LogP contribution < -0.4 is 0 Å². The van der Waals surface area contributed by atoms with Crippen LogP contribution in [0.2, 0.25) is 0 Å². The molecule has 0 rings (SSSR count). The van der Waals surface area contributed by atoms with Crippen LogP contribution in [0, 0.1) is 0 Å². The summed E-state index contributed by atoms with van der Waals surface area (Å²) in [5.74, 6) is -1.34. The first-order valence-corrected chi connectivity index (χ1v) is 4.17. The molecular weight excluding hydrogens is 170 g/mol. The van der Waals surface area contributed by atoms with Crippen molar-refractivity contribution >= 4 is 11.9 Å². The Morgan fingerprint density at radius 2 is 2.15 bits per heavy atom. The van der Waals surface area contributed by atoms with Gasteiger partial charge in [-0.2, -0.15) is 0 Å². The van der Waals surface area contributed by atoms with Crippen LogP contribution in [0.5, 0.6) is 0 Å². The smallest absolute Gasteiger partial charge is 0.323 e. The van der Waals surface area contributed by atoms with Crippen molar-refractivity contribution in [3.63, 3.8) is 0 Å². The summed E-state index contributed by atoms with van der Waals surface area (Å²) in [4.78, 5) is 22.9. The van der Waals surface area contributed by atoms with E-state index in [1.165, 1.54) is 4.90 Å². The second-order valence-corrected chi connectivity index (χ2v) is 2.82. The van der Waals surface area contributed by atoms with Crippen molar-refractivity contribution in [1.82, 2.24) is 4.90 Å². The molecule has 4 nitrogen and oxygen atoms in total. The van der Waals surface area contributed by atoms with Crippen LogP contribution in [0.4, 0.5) is 0 Å². The molecule has 0 fully saturated rings. The van der Waals surface area contributed by atoms with E-state index in [-0.39, 0.29) is 18.5 Å². The number of carboxylic acid groups (broad SMARTS) is 1. The molecule has 4 heteroatoms. The number of aliphatic carboxylic acids is 1. The minimum Gasteiger partial charge on any atom is -0.480 e. The number of amides is 1. The third-order valence-electron chi connectivity index (χ3n) is 1.89. The fourth-order valence-corrected chi connectivity index (χ4v) is 0.934. The van der Waals surface area contributed by atoms with Crippen molar-refractivity contribution in [3.8, 4) is 0 Å². The van der Waals surface area contributed by atoms with Gasteiger partial charge < -0.3 is 10.0 Å². The quantitative estimate of drug-likeness (QED) is 0.647. The molecule has 13 heavy (non-hydrogen) atoms. The lowest BCUT2D eigenvalue weighted by molar-refractivity contribution is -0.144. The second-order valence-electron chi connectivity index (χ2n) is 2.82. The van der Waals surface area contributed by atoms with Gasteiger partial charge in [0.1, 0.15) is 6.54 Å². The lowest BCUT2D eigenvalue weighted by Crippen LogP contribution is -2.40. The van der Waals surface area contributed by atoms with Crippen LogP contribution in [0.15, 0.2) is 12.7 Å². The molecule has 0 aromatic rings. The highest BCUT2D eigenvalue weighted by molar-refractivity contribution is 5.89.